The number of ether oxygens (including phenoxy) is 1. The zero-order chi connectivity index (χ0) is 13.9. The SMILES string of the molecule is CC(I)C(=O)OC1(c2ccc(Cl)cc2)CC[NH2+]CC1. The molecular formula is C14H18ClINO2+. The maximum Gasteiger partial charge on any atom is 0.319 e. The summed E-state index contributed by atoms with van der Waals surface area (Å²) < 4.78 is 5.73. The third-order valence-corrected chi connectivity index (χ3v) is 4.26. The standard InChI is InChI=1S/C14H17ClINO2/c1-10(16)13(18)19-14(6-8-17-9-7-14)11-2-4-12(15)5-3-11/h2-5,10,17H,6-9H2,1H3/p+1. The van der Waals surface area contributed by atoms with E-state index in [-0.39, 0.29) is 9.89 Å². The second-order valence-electron chi connectivity index (χ2n) is 4.90. The summed E-state index contributed by atoms with van der Waals surface area (Å²) in [6.45, 7) is 3.81. The summed E-state index contributed by atoms with van der Waals surface area (Å²) in [6, 6.07) is 7.66. The lowest BCUT2D eigenvalue weighted by Gasteiger charge is -2.36. The van der Waals surface area contributed by atoms with Gasteiger partial charge >= 0.3 is 5.97 Å². The van der Waals surface area contributed by atoms with Gasteiger partial charge in [0.25, 0.3) is 0 Å². The van der Waals surface area contributed by atoms with Crippen molar-refractivity contribution in [3.63, 3.8) is 0 Å². The Labute approximate surface area is 132 Å². The Morgan fingerprint density at radius 2 is 1.95 bits per heavy atom. The summed E-state index contributed by atoms with van der Waals surface area (Å²) in [6.07, 6.45) is 1.70. The van der Waals surface area contributed by atoms with Gasteiger partial charge < -0.3 is 10.1 Å². The summed E-state index contributed by atoms with van der Waals surface area (Å²) in [7, 11) is 0. The highest BCUT2D eigenvalue weighted by Gasteiger charge is 2.40. The van der Waals surface area contributed by atoms with E-state index in [1.54, 1.807) is 0 Å². The average Bonchev–Trinajstić information content (AvgIpc) is 2.40. The number of alkyl halides is 1. The molecule has 1 aliphatic rings. The predicted octanol–water partition coefficient (Wildman–Crippen LogP) is 2.26. The van der Waals surface area contributed by atoms with Gasteiger partial charge in [-0.25, -0.2) is 0 Å². The molecule has 0 aliphatic carbocycles. The lowest BCUT2D eigenvalue weighted by molar-refractivity contribution is -0.668. The fourth-order valence-corrected chi connectivity index (χ4v) is 2.67. The fourth-order valence-electron chi connectivity index (χ4n) is 2.42. The molecule has 0 bridgehead atoms. The fraction of sp³-hybridized carbons (Fsp3) is 0.500. The first-order valence-electron chi connectivity index (χ1n) is 6.48. The minimum absolute atomic E-state index is 0.132. The Morgan fingerprint density at radius 1 is 1.37 bits per heavy atom. The van der Waals surface area contributed by atoms with Crippen molar-refractivity contribution in [2.24, 2.45) is 0 Å². The molecule has 0 radical (unpaired) electrons. The highest BCUT2D eigenvalue weighted by Crippen LogP contribution is 2.35. The van der Waals surface area contributed by atoms with Crippen LogP contribution in [0.1, 0.15) is 25.3 Å². The number of halogens is 2. The van der Waals surface area contributed by atoms with E-state index in [0.29, 0.717) is 5.02 Å². The quantitative estimate of drug-likeness (QED) is 0.485. The van der Waals surface area contributed by atoms with Crippen molar-refractivity contribution in [1.29, 1.82) is 0 Å². The van der Waals surface area contributed by atoms with Crippen molar-refractivity contribution in [3.05, 3.63) is 34.9 Å². The van der Waals surface area contributed by atoms with Crippen LogP contribution in [-0.2, 0) is 15.1 Å². The number of piperidine rings is 1. The maximum absolute atomic E-state index is 12.0. The largest absolute Gasteiger partial charge is 0.453 e. The van der Waals surface area contributed by atoms with Gasteiger partial charge in [-0.15, -0.1) is 0 Å². The molecule has 2 N–H and O–H groups in total. The number of carbonyl (C=O) groups excluding carboxylic acids is 1. The molecule has 19 heavy (non-hydrogen) atoms. The van der Waals surface area contributed by atoms with Crippen LogP contribution in [0.2, 0.25) is 5.02 Å². The second kappa shape index (κ2) is 6.41. The van der Waals surface area contributed by atoms with Gasteiger partial charge in [0.15, 0.2) is 0 Å². The lowest BCUT2D eigenvalue weighted by Crippen LogP contribution is -2.87. The van der Waals surface area contributed by atoms with Gasteiger partial charge in [0.05, 0.1) is 13.1 Å². The van der Waals surface area contributed by atoms with Crippen LogP contribution in [0.5, 0.6) is 0 Å². The molecule has 3 nitrogen and oxygen atoms in total. The van der Waals surface area contributed by atoms with Crippen molar-refractivity contribution in [2.75, 3.05) is 13.1 Å². The van der Waals surface area contributed by atoms with E-state index in [1.807, 2.05) is 31.2 Å². The Kier molecular flexibility index (Phi) is 5.09. The first-order chi connectivity index (χ1) is 9.03. The van der Waals surface area contributed by atoms with E-state index in [1.165, 1.54) is 0 Å². The molecule has 0 amide bonds. The van der Waals surface area contributed by atoms with Crippen LogP contribution in [0, 0.1) is 0 Å². The molecule has 104 valence electrons. The molecule has 2 rings (SSSR count). The van der Waals surface area contributed by atoms with Gasteiger partial charge in [-0.3, -0.25) is 4.79 Å². The number of hydrogen-bond acceptors (Lipinski definition) is 2. The molecule has 1 atom stereocenters. The van der Waals surface area contributed by atoms with Crippen molar-refractivity contribution >= 4 is 40.2 Å². The van der Waals surface area contributed by atoms with Crippen LogP contribution in [0.15, 0.2) is 24.3 Å². The van der Waals surface area contributed by atoms with Crippen LogP contribution in [0.3, 0.4) is 0 Å². The van der Waals surface area contributed by atoms with Crippen molar-refractivity contribution < 1.29 is 14.8 Å². The first kappa shape index (κ1) is 15.1. The number of hydrogen-bond donors (Lipinski definition) is 1. The van der Waals surface area contributed by atoms with E-state index in [0.717, 1.165) is 31.5 Å². The van der Waals surface area contributed by atoms with E-state index in [2.05, 4.69) is 27.9 Å². The van der Waals surface area contributed by atoms with Crippen molar-refractivity contribution in [2.45, 2.75) is 29.3 Å². The number of carbonyl (C=O) groups is 1. The number of esters is 1. The highest BCUT2D eigenvalue weighted by molar-refractivity contribution is 14.1. The summed E-state index contributed by atoms with van der Waals surface area (Å²) in [5.74, 6) is -0.141. The van der Waals surface area contributed by atoms with Crippen LogP contribution < -0.4 is 5.32 Å². The van der Waals surface area contributed by atoms with Crippen molar-refractivity contribution in [3.8, 4) is 0 Å². The Balaban J connectivity index is 2.28. The lowest BCUT2D eigenvalue weighted by atomic mass is 9.84. The van der Waals surface area contributed by atoms with Gasteiger partial charge in [0, 0.05) is 17.9 Å². The predicted molar refractivity (Wildman–Crippen MR) is 83.6 cm³/mol. The van der Waals surface area contributed by atoms with Crippen LogP contribution >= 0.6 is 34.2 Å². The summed E-state index contributed by atoms with van der Waals surface area (Å²) >= 11 is 8.03. The van der Waals surface area contributed by atoms with E-state index < -0.39 is 5.60 Å². The average molecular weight is 395 g/mol. The second-order valence-corrected chi connectivity index (χ2v) is 7.21. The minimum atomic E-state index is -0.476. The van der Waals surface area contributed by atoms with Gasteiger partial charge in [0.1, 0.15) is 9.53 Å². The highest BCUT2D eigenvalue weighted by atomic mass is 127. The molecule has 5 heteroatoms. The third-order valence-electron chi connectivity index (χ3n) is 3.50. The first-order valence-corrected chi connectivity index (χ1v) is 8.10. The summed E-state index contributed by atoms with van der Waals surface area (Å²) in [5.41, 5.74) is 0.575. The summed E-state index contributed by atoms with van der Waals surface area (Å²) in [5, 5.41) is 2.96. The molecule has 0 saturated carbocycles. The zero-order valence-corrected chi connectivity index (χ0v) is 13.8. The third kappa shape index (κ3) is 3.61. The maximum atomic E-state index is 12.0. The van der Waals surface area contributed by atoms with E-state index >= 15 is 0 Å². The van der Waals surface area contributed by atoms with Crippen LogP contribution in [0.25, 0.3) is 0 Å². The molecule has 1 aromatic carbocycles. The molecule has 0 aromatic heterocycles. The van der Waals surface area contributed by atoms with Crippen LogP contribution in [0.4, 0.5) is 0 Å². The molecule has 1 heterocycles. The number of benzene rings is 1. The number of quaternary nitrogens is 1. The van der Waals surface area contributed by atoms with Gasteiger partial charge in [-0.05, 0) is 24.6 Å². The molecular weight excluding hydrogens is 377 g/mol. The summed E-state index contributed by atoms with van der Waals surface area (Å²) in [4.78, 5) is 12.0. The smallest absolute Gasteiger partial charge is 0.319 e. The number of rotatable bonds is 3. The van der Waals surface area contributed by atoms with Gasteiger partial charge in [-0.1, -0.05) is 46.3 Å². The Morgan fingerprint density at radius 3 is 2.47 bits per heavy atom. The van der Waals surface area contributed by atoms with E-state index in [4.69, 9.17) is 16.3 Å². The van der Waals surface area contributed by atoms with E-state index in [9.17, 15) is 4.79 Å². The molecule has 1 aliphatic heterocycles. The Hall–Kier alpha value is -0.330. The molecule has 1 saturated heterocycles. The molecule has 1 aromatic rings. The zero-order valence-electron chi connectivity index (χ0n) is 10.9. The number of nitrogens with two attached hydrogens (primary N) is 1. The Bertz CT molecular complexity index is 441. The minimum Gasteiger partial charge on any atom is -0.453 e. The monoisotopic (exact) mass is 394 g/mol. The molecule has 1 unspecified atom stereocenters. The molecule has 0 spiro atoms. The molecule has 1 fully saturated rings. The van der Waals surface area contributed by atoms with Gasteiger partial charge in [0.2, 0.25) is 0 Å². The van der Waals surface area contributed by atoms with Crippen LogP contribution in [-0.4, -0.2) is 23.0 Å². The van der Waals surface area contributed by atoms with Crippen molar-refractivity contribution in [1.82, 2.24) is 0 Å². The van der Waals surface area contributed by atoms with Gasteiger partial charge in [-0.2, -0.15) is 0 Å². The normalized spacial score (nSPS) is 19.7. The topological polar surface area (TPSA) is 42.9 Å².